The second-order valence-electron chi connectivity index (χ2n) is 11.0. The van der Waals surface area contributed by atoms with E-state index in [4.69, 9.17) is 29.4 Å². The summed E-state index contributed by atoms with van der Waals surface area (Å²) in [5.41, 5.74) is 17.6. The molecule has 15 nitrogen and oxygen atoms in total. The van der Waals surface area contributed by atoms with Crippen LogP contribution in [0.2, 0.25) is 0 Å². The lowest BCUT2D eigenvalue weighted by atomic mass is 10.0. The van der Waals surface area contributed by atoms with Crippen molar-refractivity contribution in [2.75, 3.05) is 20.1 Å². The van der Waals surface area contributed by atoms with Crippen molar-refractivity contribution in [1.29, 1.82) is 0 Å². The van der Waals surface area contributed by atoms with Gasteiger partial charge in [0.25, 0.3) is 0 Å². The Kier molecular flexibility index (Phi) is 20.0. The summed E-state index contributed by atoms with van der Waals surface area (Å²) in [7, 11) is 1.62. The zero-order valence-electron chi connectivity index (χ0n) is 27.5. The molecule has 4 unspecified atom stereocenters. The van der Waals surface area contributed by atoms with Crippen LogP contribution in [-0.2, 0) is 32.0 Å². The maximum atomic E-state index is 13.6. The Bertz CT molecular complexity index is 1310. The lowest BCUT2D eigenvalue weighted by molar-refractivity contribution is -0.142. The fourth-order valence-corrected chi connectivity index (χ4v) is 4.64. The Hall–Kier alpha value is -4.28. The molecular formula is C31H52N10O5S. The number of carbonyl (C=O) groups excluding carboxylic acids is 3. The maximum Gasteiger partial charge on any atom is 0.326 e. The number of likely N-dealkylation sites (N-methyl/N-ethyl adjacent to an activating group) is 1. The largest absolute Gasteiger partial charge is 0.480 e. The fourth-order valence-electron chi connectivity index (χ4n) is 4.45. The predicted molar refractivity (Wildman–Crippen MR) is 185 cm³/mol. The number of hydrogen-bond acceptors (Lipinski definition) is 8. The maximum absolute atomic E-state index is 13.6. The molecule has 0 fully saturated rings. The molecule has 0 aliphatic rings. The number of imidazole rings is 1. The van der Waals surface area contributed by atoms with Crippen molar-refractivity contribution in [3.8, 4) is 0 Å². The number of unbranched alkanes of at least 4 members (excludes halogenated alkanes) is 1. The normalized spacial score (nSPS) is 13.1. The molecular weight excluding hydrogens is 624 g/mol. The SMILES string of the molecule is CCC.CNC(CCCN=C(N)N)C(=O)NC(Cc1c[nH]c(=S)[nH]1)C(=O)NC(CCCCN)C(=O)NC(Cc1ccccc1)C(=O)O. The highest BCUT2D eigenvalue weighted by molar-refractivity contribution is 7.71. The first-order valence-electron chi connectivity index (χ1n) is 15.8. The number of carboxylic acids is 1. The van der Waals surface area contributed by atoms with Crippen molar-refractivity contribution in [3.63, 3.8) is 0 Å². The number of aromatic nitrogens is 2. The number of benzene rings is 1. The number of aliphatic imine (C=N–C) groups is 1. The van der Waals surface area contributed by atoms with Crippen LogP contribution >= 0.6 is 12.2 Å². The number of amides is 3. The van der Waals surface area contributed by atoms with Crippen LogP contribution in [0.1, 0.15) is 63.6 Å². The van der Waals surface area contributed by atoms with Crippen LogP contribution in [0.4, 0.5) is 0 Å². The number of aromatic amines is 2. The van der Waals surface area contributed by atoms with Crippen molar-refractivity contribution in [2.45, 2.75) is 89.4 Å². The van der Waals surface area contributed by atoms with E-state index in [2.05, 4.69) is 50.1 Å². The van der Waals surface area contributed by atoms with Gasteiger partial charge in [0.15, 0.2) is 10.7 Å². The quantitative estimate of drug-likeness (QED) is 0.0404. The van der Waals surface area contributed by atoms with E-state index < -0.39 is 47.9 Å². The van der Waals surface area contributed by atoms with E-state index in [0.29, 0.717) is 49.2 Å². The molecule has 0 aliphatic heterocycles. The van der Waals surface area contributed by atoms with Crippen molar-refractivity contribution in [1.82, 2.24) is 31.2 Å². The zero-order valence-corrected chi connectivity index (χ0v) is 28.3. The summed E-state index contributed by atoms with van der Waals surface area (Å²) in [6.07, 6.45) is 5.15. The van der Waals surface area contributed by atoms with Gasteiger partial charge in [-0.3, -0.25) is 19.4 Å². The molecule has 0 bridgehead atoms. The van der Waals surface area contributed by atoms with Crippen LogP contribution in [0.3, 0.4) is 0 Å². The van der Waals surface area contributed by atoms with Crippen molar-refractivity contribution >= 4 is 41.9 Å². The van der Waals surface area contributed by atoms with Gasteiger partial charge in [-0.2, -0.15) is 0 Å². The van der Waals surface area contributed by atoms with E-state index in [0.717, 1.165) is 5.56 Å². The number of hydrogen-bond donors (Lipinski definition) is 10. The van der Waals surface area contributed by atoms with Crippen LogP contribution in [0.25, 0.3) is 0 Å². The van der Waals surface area contributed by atoms with Gasteiger partial charge in [0.1, 0.15) is 18.1 Å². The van der Waals surface area contributed by atoms with Crippen LogP contribution in [0.15, 0.2) is 41.5 Å². The number of nitrogens with zero attached hydrogens (tertiary/aromatic N) is 1. The molecule has 0 radical (unpaired) electrons. The van der Waals surface area contributed by atoms with Crippen LogP contribution in [0, 0.1) is 4.77 Å². The van der Waals surface area contributed by atoms with E-state index in [1.807, 2.05) is 6.07 Å². The number of aliphatic carboxylic acids is 1. The summed E-state index contributed by atoms with van der Waals surface area (Å²) in [5, 5.41) is 20.8. The monoisotopic (exact) mass is 676 g/mol. The van der Waals surface area contributed by atoms with Crippen molar-refractivity contribution in [3.05, 3.63) is 52.6 Å². The standard InChI is InChI=1S/C28H44N10O5S.C3H8/c1-32-19(11-7-13-33-27(30)31)23(39)37-21(15-18-16-34-28(44)35-18)25(41)36-20(10-5-6-12-29)24(40)38-22(26(42)43)14-17-8-3-2-4-9-17;1-3-2/h2-4,8-9,16,19-22,32H,5-7,10-15,29H2,1H3,(H,36,41)(H,37,39)(H,38,40)(H,42,43)(H4,30,31,33)(H2,34,35,44);3H2,1-2H3. The average Bonchev–Trinajstić information content (AvgIpc) is 3.44. The number of nitrogens with one attached hydrogen (secondary N) is 6. The van der Waals surface area contributed by atoms with Gasteiger partial charge in [-0.1, -0.05) is 50.6 Å². The highest BCUT2D eigenvalue weighted by atomic mass is 32.1. The van der Waals surface area contributed by atoms with E-state index in [-0.39, 0.29) is 25.2 Å². The van der Waals surface area contributed by atoms with E-state index >= 15 is 0 Å². The molecule has 16 heteroatoms. The smallest absolute Gasteiger partial charge is 0.326 e. The number of guanidine groups is 1. The first kappa shape index (κ1) is 40.7. The number of nitrogens with two attached hydrogens (primary N) is 3. The summed E-state index contributed by atoms with van der Waals surface area (Å²) in [6, 6.07) is 4.86. The Morgan fingerprint density at radius 2 is 1.45 bits per heavy atom. The van der Waals surface area contributed by atoms with Crippen LogP contribution in [0.5, 0.6) is 0 Å². The lowest BCUT2D eigenvalue weighted by Gasteiger charge is -2.26. The zero-order chi connectivity index (χ0) is 35.2. The molecule has 1 aromatic heterocycles. The molecule has 0 spiro atoms. The Morgan fingerprint density at radius 1 is 0.872 bits per heavy atom. The summed E-state index contributed by atoms with van der Waals surface area (Å²) >= 11 is 5.10. The number of carboxylic acid groups (broad SMARTS) is 1. The summed E-state index contributed by atoms with van der Waals surface area (Å²) < 4.78 is 0.343. The minimum absolute atomic E-state index is 0.0397. The third-order valence-corrected chi connectivity index (χ3v) is 7.02. The highest BCUT2D eigenvalue weighted by Crippen LogP contribution is 2.09. The van der Waals surface area contributed by atoms with Crippen LogP contribution in [-0.4, -0.2) is 89.0 Å². The minimum Gasteiger partial charge on any atom is -0.480 e. The van der Waals surface area contributed by atoms with Gasteiger partial charge < -0.3 is 53.5 Å². The third kappa shape index (κ3) is 16.7. The number of H-pyrrole nitrogens is 2. The molecule has 1 aromatic carbocycles. The van der Waals surface area contributed by atoms with E-state index in [1.165, 1.54) is 6.42 Å². The van der Waals surface area contributed by atoms with Gasteiger partial charge >= 0.3 is 5.97 Å². The molecule has 0 saturated heterocycles. The van der Waals surface area contributed by atoms with Crippen LogP contribution < -0.4 is 38.5 Å². The Balaban J connectivity index is 0.00000354. The van der Waals surface area contributed by atoms with Gasteiger partial charge in [0.05, 0.1) is 6.04 Å². The molecule has 0 aliphatic carbocycles. The van der Waals surface area contributed by atoms with E-state index in [1.54, 1.807) is 37.5 Å². The van der Waals surface area contributed by atoms with Gasteiger partial charge in [-0.05, 0) is 63.5 Å². The first-order valence-corrected chi connectivity index (χ1v) is 16.2. The molecule has 1 heterocycles. The number of rotatable bonds is 20. The Morgan fingerprint density at radius 3 is 2.00 bits per heavy atom. The second kappa shape index (κ2) is 23.1. The molecule has 0 saturated carbocycles. The molecule has 4 atom stereocenters. The summed E-state index contributed by atoms with van der Waals surface area (Å²) in [5.74, 6) is -2.98. The molecule has 2 rings (SSSR count). The minimum atomic E-state index is -1.22. The summed E-state index contributed by atoms with van der Waals surface area (Å²) in [6.45, 7) is 4.97. The molecule has 262 valence electrons. The topological polar surface area (TPSA) is 259 Å². The molecule has 47 heavy (non-hydrogen) atoms. The van der Waals surface area contributed by atoms with Gasteiger partial charge in [0, 0.05) is 31.3 Å². The van der Waals surface area contributed by atoms with Gasteiger partial charge in [-0.25, -0.2) is 4.79 Å². The molecule has 2 aromatic rings. The summed E-state index contributed by atoms with van der Waals surface area (Å²) in [4.78, 5) is 61.9. The van der Waals surface area contributed by atoms with Crippen molar-refractivity contribution < 1.29 is 24.3 Å². The Labute approximate surface area is 281 Å². The average molecular weight is 677 g/mol. The van der Waals surface area contributed by atoms with Gasteiger partial charge in [0.2, 0.25) is 17.7 Å². The second-order valence-corrected chi connectivity index (χ2v) is 11.4. The highest BCUT2D eigenvalue weighted by Gasteiger charge is 2.31. The van der Waals surface area contributed by atoms with E-state index in [9.17, 15) is 24.3 Å². The lowest BCUT2D eigenvalue weighted by Crippen LogP contribution is -2.58. The molecule has 13 N–H and O–H groups in total. The van der Waals surface area contributed by atoms with Crippen molar-refractivity contribution in [2.24, 2.45) is 22.2 Å². The fraction of sp³-hybridized carbons (Fsp3) is 0.548. The van der Waals surface area contributed by atoms with Gasteiger partial charge in [-0.15, -0.1) is 0 Å². The molecule has 3 amide bonds. The third-order valence-electron chi connectivity index (χ3n) is 6.80. The predicted octanol–water partition coefficient (Wildman–Crippen LogP) is 0.583. The first-order chi connectivity index (χ1) is 22.4. The number of carbonyl (C=O) groups is 4.